The quantitative estimate of drug-likeness (QED) is 0.598. The van der Waals surface area contributed by atoms with E-state index in [4.69, 9.17) is 5.21 Å². The zero-order chi connectivity index (χ0) is 7.40. The van der Waals surface area contributed by atoms with Crippen LogP contribution in [0.3, 0.4) is 0 Å². The van der Waals surface area contributed by atoms with Crippen LogP contribution in [0.4, 0.5) is 0 Å². The molecule has 0 aromatic carbocycles. The summed E-state index contributed by atoms with van der Waals surface area (Å²) >= 11 is 0. The topological polar surface area (TPSA) is 50.1 Å². The lowest BCUT2D eigenvalue weighted by atomic mass is 10.4. The summed E-state index contributed by atoms with van der Waals surface area (Å²) in [7, 11) is 0. The molecule has 0 aliphatic rings. The third-order valence-corrected chi connectivity index (χ3v) is 1.36. The van der Waals surface area contributed by atoms with Gasteiger partial charge in [-0.25, -0.2) is 0 Å². The molecule has 0 saturated heterocycles. The van der Waals surface area contributed by atoms with Gasteiger partial charge in [0.2, 0.25) is 0 Å². The summed E-state index contributed by atoms with van der Waals surface area (Å²) in [6.45, 7) is 3.30. The second-order valence-corrected chi connectivity index (χ2v) is 1.97. The number of rotatable bonds is 3. The smallest absolute Gasteiger partial charge is 0.0628 e. The third-order valence-electron chi connectivity index (χ3n) is 1.36. The first-order chi connectivity index (χ1) is 4.88. The van der Waals surface area contributed by atoms with Crippen molar-refractivity contribution in [2.45, 2.75) is 20.0 Å². The average molecular weight is 141 g/mol. The van der Waals surface area contributed by atoms with Crippen LogP contribution >= 0.6 is 0 Å². The molecular formula is C6H11N3O. The van der Waals surface area contributed by atoms with Crippen molar-refractivity contribution in [1.29, 1.82) is 0 Å². The molecule has 1 aromatic heterocycles. The molecule has 0 spiro atoms. The number of hydrogen-bond acceptors (Lipinski definition) is 3. The first-order valence-electron chi connectivity index (χ1n) is 3.26. The summed E-state index contributed by atoms with van der Waals surface area (Å²) in [5.74, 6) is 0. The Kier molecular flexibility index (Phi) is 2.42. The van der Waals surface area contributed by atoms with E-state index in [1.54, 1.807) is 6.20 Å². The molecule has 56 valence electrons. The van der Waals surface area contributed by atoms with Crippen LogP contribution in [0, 0.1) is 0 Å². The molecule has 1 heterocycles. The van der Waals surface area contributed by atoms with Gasteiger partial charge < -0.3 is 5.21 Å². The van der Waals surface area contributed by atoms with Crippen molar-refractivity contribution in [2.24, 2.45) is 0 Å². The lowest BCUT2D eigenvalue weighted by molar-refractivity contribution is 0.158. The van der Waals surface area contributed by atoms with E-state index in [2.05, 4.69) is 10.6 Å². The van der Waals surface area contributed by atoms with Gasteiger partial charge in [0.05, 0.1) is 12.2 Å². The van der Waals surface area contributed by atoms with Crippen LogP contribution in [0.25, 0.3) is 0 Å². The van der Waals surface area contributed by atoms with E-state index in [-0.39, 0.29) is 0 Å². The van der Waals surface area contributed by atoms with Gasteiger partial charge in [-0.2, -0.15) is 10.6 Å². The standard InChI is InChI=1S/C6H11N3O/c1-2-9-6(5-8-10)3-4-7-9/h3-4,8,10H,2,5H2,1H3. The predicted octanol–water partition coefficient (Wildman–Crippen LogP) is 0.382. The molecule has 10 heavy (non-hydrogen) atoms. The molecule has 0 radical (unpaired) electrons. The molecule has 0 fully saturated rings. The molecule has 0 unspecified atom stereocenters. The molecule has 0 amide bonds. The van der Waals surface area contributed by atoms with Crippen LogP contribution in [-0.2, 0) is 13.1 Å². The largest absolute Gasteiger partial charge is 0.316 e. The lowest BCUT2D eigenvalue weighted by Gasteiger charge is -2.01. The van der Waals surface area contributed by atoms with Gasteiger partial charge in [-0.1, -0.05) is 0 Å². The van der Waals surface area contributed by atoms with Crippen LogP contribution in [-0.4, -0.2) is 15.0 Å². The monoisotopic (exact) mass is 141 g/mol. The minimum atomic E-state index is 0.452. The number of aromatic nitrogens is 2. The molecule has 0 aliphatic carbocycles. The zero-order valence-corrected chi connectivity index (χ0v) is 5.91. The molecule has 0 bridgehead atoms. The van der Waals surface area contributed by atoms with Crippen molar-refractivity contribution in [3.8, 4) is 0 Å². The Morgan fingerprint density at radius 1 is 1.80 bits per heavy atom. The van der Waals surface area contributed by atoms with E-state index in [9.17, 15) is 0 Å². The Hall–Kier alpha value is -0.870. The van der Waals surface area contributed by atoms with Crippen LogP contribution < -0.4 is 5.48 Å². The van der Waals surface area contributed by atoms with Crippen LogP contribution in [0.5, 0.6) is 0 Å². The Balaban J connectivity index is 2.70. The van der Waals surface area contributed by atoms with E-state index >= 15 is 0 Å². The molecule has 1 aromatic rings. The fourth-order valence-electron chi connectivity index (χ4n) is 0.876. The zero-order valence-electron chi connectivity index (χ0n) is 5.91. The Labute approximate surface area is 59.4 Å². The third kappa shape index (κ3) is 1.34. The van der Waals surface area contributed by atoms with Crippen molar-refractivity contribution in [3.05, 3.63) is 18.0 Å². The van der Waals surface area contributed by atoms with E-state index in [1.165, 1.54) is 0 Å². The molecule has 0 aliphatic heterocycles. The lowest BCUT2D eigenvalue weighted by Crippen LogP contribution is -2.11. The summed E-state index contributed by atoms with van der Waals surface area (Å²) in [6.07, 6.45) is 1.72. The highest BCUT2D eigenvalue weighted by molar-refractivity contribution is 4.99. The highest BCUT2D eigenvalue weighted by Gasteiger charge is 1.96. The Bertz CT molecular complexity index is 197. The van der Waals surface area contributed by atoms with Gasteiger partial charge in [-0.05, 0) is 13.0 Å². The van der Waals surface area contributed by atoms with Gasteiger partial charge >= 0.3 is 0 Å². The van der Waals surface area contributed by atoms with Crippen LogP contribution in [0.1, 0.15) is 12.6 Å². The van der Waals surface area contributed by atoms with E-state index in [0.717, 1.165) is 12.2 Å². The Morgan fingerprint density at radius 3 is 3.20 bits per heavy atom. The highest BCUT2D eigenvalue weighted by Crippen LogP contribution is 1.96. The maximum atomic E-state index is 8.37. The molecule has 1 rings (SSSR count). The number of aryl methyl sites for hydroxylation is 1. The summed E-state index contributed by atoms with van der Waals surface area (Å²) in [5, 5.41) is 12.4. The molecule has 2 N–H and O–H groups in total. The fourth-order valence-corrected chi connectivity index (χ4v) is 0.876. The summed E-state index contributed by atoms with van der Waals surface area (Å²) in [5.41, 5.74) is 3.07. The maximum absolute atomic E-state index is 8.37. The van der Waals surface area contributed by atoms with E-state index in [1.807, 2.05) is 17.7 Å². The van der Waals surface area contributed by atoms with Gasteiger partial charge in [-0.15, -0.1) is 0 Å². The minimum Gasteiger partial charge on any atom is -0.316 e. The van der Waals surface area contributed by atoms with Gasteiger partial charge in [-0.3, -0.25) is 4.68 Å². The van der Waals surface area contributed by atoms with Crippen molar-refractivity contribution in [3.63, 3.8) is 0 Å². The van der Waals surface area contributed by atoms with Crippen molar-refractivity contribution in [1.82, 2.24) is 15.3 Å². The van der Waals surface area contributed by atoms with Crippen LogP contribution in [0.2, 0.25) is 0 Å². The number of nitrogens with one attached hydrogen (secondary N) is 1. The van der Waals surface area contributed by atoms with Gasteiger partial charge in [0.25, 0.3) is 0 Å². The predicted molar refractivity (Wildman–Crippen MR) is 36.5 cm³/mol. The summed E-state index contributed by atoms with van der Waals surface area (Å²) < 4.78 is 1.82. The van der Waals surface area contributed by atoms with Gasteiger partial charge in [0.15, 0.2) is 0 Å². The van der Waals surface area contributed by atoms with Gasteiger partial charge in [0.1, 0.15) is 0 Å². The maximum Gasteiger partial charge on any atom is 0.0628 e. The van der Waals surface area contributed by atoms with Crippen molar-refractivity contribution >= 4 is 0 Å². The fraction of sp³-hybridized carbons (Fsp3) is 0.500. The summed E-state index contributed by atoms with van der Waals surface area (Å²) in [4.78, 5) is 0. The normalized spacial score (nSPS) is 10.2. The van der Waals surface area contributed by atoms with Gasteiger partial charge in [0, 0.05) is 12.7 Å². The Morgan fingerprint density at radius 2 is 2.60 bits per heavy atom. The second kappa shape index (κ2) is 3.34. The summed E-state index contributed by atoms with van der Waals surface area (Å²) in [6, 6.07) is 1.87. The van der Waals surface area contributed by atoms with Crippen molar-refractivity contribution < 1.29 is 5.21 Å². The molecular weight excluding hydrogens is 130 g/mol. The highest BCUT2D eigenvalue weighted by atomic mass is 16.5. The molecule has 4 nitrogen and oxygen atoms in total. The molecule has 0 saturated carbocycles. The van der Waals surface area contributed by atoms with E-state index < -0.39 is 0 Å². The number of hydrogen-bond donors (Lipinski definition) is 2. The van der Waals surface area contributed by atoms with E-state index in [0.29, 0.717) is 6.54 Å². The number of nitrogens with zero attached hydrogens (tertiary/aromatic N) is 2. The number of hydroxylamine groups is 1. The minimum absolute atomic E-state index is 0.452. The molecule has 4 heteroatoms. The van der Waals surface area contributed by atoms with Crippen molar-refractivity contribution in [2.75, 3.05) is 0 Å². The first kappa shape index (κ1) is 7.24. The average Bonchev–Trinajstić information content (AvgIpc) is 2.36. The second-order valence-electron chi connectivity index (χ2n) is 1.97. The first-order valence-corrected chi connectivity index (χ1v) is 3.26. The molecule has 0 atom stereocenters. The van der Waals surface area contributed by atoms with Crippen LogP contribution in [0.15, 0.2) is 12.3 Å². The SMILES string of the molecule is CCn1nccc1CNO.